The van der Waals surface area contributed by atoms with E-state index in [9.17, 15) is 18.0 Å². The van der Waals surface area contributed by atoms with Crippen molar-refractivity contribution in [1.29, 1.82) is 0 Å². The topological polar surface area (TPSA) is 57.3 Å². The molecule has 0 bridgehead atoms. The fourth-order valence-electron chi connectivity index (χ4n) is 3.37. The highest BCUT2D eigenvalue weighted by atomic mass is 32.2. The van der Waals surface area contributed by atoms with Crippen molar-refractivity contribution >= 4 is 17.7 Å². The number of hydrogen-bond donors (Lipinski definition) is 2. The van der Waals surface area contributed by atoms with Gasteiger partial charge < -0.3 is 4.90 Å². The molecule has 2 atom stereocenters. The molecule has 2 unspecified atom stereocenters. The molecule has 0 saturated carbocycles. The number of hydrogen-bond acceptors (Lipinski definition) is 5. The van der Waals surface area contributed by atoms with Crippen LogP contribution in [0.5, 0.6) is 0 Å². The number of nitrogens with zero attached hydrogens (tertiary/aromatic N) is 2. The molecule has 1 saturated heterocycles. The van der Waals surface area contributed by atoms with Crippen LogP contribution in [0.15, 0.2) is 47.6 Å². The molecule has 2 N–H and O–H groups in total. The lowest BCUT2D eigenvalue weighted by Gasteiger charge is -2.19. The summed E-state index contributed by atoms with van der Waals surface area (Å²) in [5.41, 5.74) is 7.48. The number of alkyl halides is 2. The fourth-order valence-corrected chi connectivity index (χ4v) is 3.94. The van der Waals surface area contributed by atoms with Crippen molar-refractivity contribution in [3.05, 3.63) is 59.5 Å². The van der Waals surface area contributed by atoms with Crippen molar-refractivity contribution < 1.29 is 18.0 Å². The minimum atomic E-state index is -2.63. The predicted octanol–water partition coefficient (Wildman–Crippen LogP) is 4.00. The van der Waals surface area contributed by atoms with E-state index in [0.29, 0.717) is 6.54 Å². The van der Waals surface area contributed by atoms with Gasteiger partial charge in [0, 0.05) is 31.9 Å². The zero-order valence-corrected chi connectivity index (χ0v) is 16.8. The van der Waals surface area contributed by atoms with E-state index in [4.69, 9.17) is 0 Å². The standard InChI is InChI=1S/C20H23F3N4OS/c1-27(19(28)16-8-3-9-24-18(16)29-20(22)23)10-4-7-15-12-17(26-25-15)13-5-2-6-14(21)11-13/h2-3,5-6,8-9,11,15,17,20,25-26H,4,7,10,12H2,1H3. The maximum Gasteiger partial charge on any atom is 0.290 e. The molecule has 5 nitrogen and oxygen atoms in total. The first-order valence-corrected chi connectivity index (χ1v) is 10.2. The van der Waals surface area contributed by atoms with Gasteiger partial charge in [-0.2, -0.15) is 8.78 Å². The predicted molar refractivity (Wildman–Crippen MR) is 106 cm³/mol. The third-order valence-corrected chi connectivity index (χ3v) is 5.55. The molecular weight excluding hydrogens is 401 g/mol. The van der Waals surface area contributed by atoms with Crippen LogP contribution in [0.2, 0.25) is 0 Å². The third-order valence-electron chi connectivity index (χ3n) is 4.83. The summed E-state index contributed by atoms with van der Waals surface area (Å²) in [7, 11) is 1.65. The molecule has 9 heteroatoms. The van der Waals surface area contributed by atoms with Crippen LogP contribution in [0.1, 0.15) is 41.2 Å². The van der Waals surface area contributed by atoms with Gasteiger partial charge in [-0.05, 0) is 60.9 Å². The Morgan fingerprint density at radius 3 is 2.90 bits per heavy atom. The van der Waals surface area contributed by atoms with Crippen LogP contribution in [-0.2, 0) is 0 Å². The molecule has 3 rings (SSSR count). The Hall–Kier alpha value is -2.10. The number of pyridine rings is 1. The summed E-state index contributed by atoms with van der Waals surface area (Å²) >= 11 is 0.277. The largest absolute Gasteiger partial charge is 0.342 e. The van der Waals surface area contributed by atoms with Gasteiger partial charge in [0.15, 0.2) is 0 Å². The van der Waals surface area contributed by atoms with E-state index in [1.54, 1.807) is 19.2 Å². The Morgan fingerprint density at radius 2 is 2.14 bits per heavy atom. The Bertz CT molecular complexity index is 839. The second-order valence-corrected chi connectivity index (χ2v) is 7.91. The smallest absolute Gasteiger partial charge is 0.290 e. The van der Waals surface area contributed by atoms with Crippen molar-refractivity contribution in [3.8, 4) is 0 Å². The average molecular weight is 424 g/mol. The van der Waals surface area contributed by atoms with Crippen LogP contribution in [0.3, 0.4) is 0 Å². The van der Waals surface area contributed by atoms with Crippen LogP contribution in [0, 0.1) is 5.82 Å². The van der Waals surface area contributed by atoms with Gasteiger partial charge in [0.05, 0.1) is 5.56 Å². The van der Waals surface area contributed by atoms with Crippen molar-refractivity contribution in [2.45, 2.75) is 42.1 Å². The van der Waals surface area contributed by atoms with Gasteiger partial charge in [-0.25, -0.2) is 9.37 Å². The summed E-state index contributed by atoms with van der Waals surface area (Å²) < 4.78 is 38.8. The number of halogens is 3. The molecule has 0 spiro atoms. The highest BCUT2D eigenvalue weighted by molar-refractivity contribution is 7.99. The molecule has 1 aliphatic heterocycles. The molecule has 0 aliphatic carbocycles. The quantitative estimate of drug-likeness (QED) is 0.628. The van der Waals surface area contributed by atoms with Crippen LogP contribution < -0.4 is 10.9 Å². The summed E-state index contributed by atoms with van der Waals surface area (Å²) in [6.45, 7) is 0.495. The molecule has 1 amide bonds. The Morgan fingerprint density at radius 1 is 1.31 bits per heavy atom. The summed E-state index contributed by atoms with van der Waals surface area (Å²) in [5, 5.41) is 0.0407. The van der Waals surface area contributed by atoms with Crippen LogP contribution in [0.4, 0.5) is 13.2 Å². The monoisotopic (exact) mass is 424 g/mol. The number of thioether (sulfide) groups is 1. The Kier molecular flexibility index (Phi) is 7.51. The van der Waals surface area contributed by atoms with E-state index in [0.717, 1.165) is 24.8 Å². The third kappa shape index (κ3) is 5.94. The number of carbonyl (C=O) groups excluding carboxylic acids is 1. The Balaban J connectivity index is 1.48. The highest BCUT2D eigenvalue weighted by Gasteiger charge is 2.25. The summed E-state index contributed by atoms with van der Waals surface area (Å²) in [6, 6.07) is 9.86. The molecule has 1 aliphatic rings. The van der Waals surface area contributed by atoms with Gasteiger partial charge in [0.1, 0.15) is 10.8 Å². The molecule has 1 fully saturated rings. The number of benzene rings is 1. The van der Waals surface area contributed by atoms with E-state index in [-0.39, 0.29) is 46.2 Å². The first-order valence-electron chi connectivity index (χ1n) is 9.36. The van der Waals surface area contributed by atoms with E-state index >= 15 is 0 Å². The maximum atomic E-state index is 13.4. The first-order chi connectivity index (χ1) is 13.9. The number of hydrazine groups is 1. The van der Waals surface area contributed by atoms with Crippen molar-refractivity contribution in [2.75, 3.05) is 13.6 Å². The first kappa shape index (κ1) is 21.6. The van der Waals surface area contributed by atoms with Crippen molar-refractivity contribution in [1.82, 2.24) is 20.7 Å². The molecule has 1 aromatic carbocycles. The van der Waals surface area contributed by atoms with Gasteiger partial charge in [-0.1, -0.05) is 12.1 Å². The molecule has 29 heavy (non-hydrogen) atoms. The molecule has 1 aromatic heterocycles. The zero-order valence-electron chi connectivity index (χ0n) is 15.9. The average Bonchev–Trinajstić information content (AvgIpc) is 3.16. The van der Waals surface area contributed by atoms with Gasteiger partial charge in [0.25, 0.3) is 11.7 Å². The molecule has 2 aromatic rings. The summed E-state index contributed by atoms with van der Waals surface area (Å²) in [5.74, 6) is -3.21. The van der Waals surface area contributed by atoms with Gasteiger partial charge >= 0.3 is 0 Å². The zero-order chi connectivity index (χ0) is 20.8. The molecule has 0 radical (unpaired) electrons. The van der Waals surface area contributed by atoms with Crippen LogP contribution >= 0.6 is 11.8 Å². The lowest BCUT2D eigenvalue weighted by atomic mass is 9.99. The minimum absolute atomic E-state index is 0.0407. The van der Waals surface area contributed by atoms with Crippen LogP contribution in [-0.4, -0.2) is 41.2 Å². The van der Waals surface area contributed by atoms with E-state index in [2.05, 4.69) is 15.8 Å². The maximum absolute atomic E-state index is 13.4. The SMILES string of the molecule is CN(CCCC1CC(c2cccc(F)c2)NN1)C(=O)c1cccnc1SC(F)F. The second-order valence-electron chi connectivity index (χ2n) is 6.93. The second kappa shape index (κ2) is 10.1. The lowest BCUT2D eigenvalue weighted by molar-refractivity contribution is 0.0787. The highest BCUT2D eigenvalue weighted by Crippen LogP contribution is 2.27. The Labute approximate surface area is 172 Å². The van der Waals surface area contributed by atoms with Crippen molar-refractivity contribution in [2.24, 2.45) is 0 Å². The number of amides is 1. The fraction of sp³-hybridized carbons (Fsp3) is 0.400. The number of rotatable bonds is 8. The van der Waals surface area contributed by atoms with E-state index in [1.165, 1.54) is 29.3 Å². The molecule has 2 heterocycles. The van der Waals surface area contributed by atoms with Gasteiger partial charge in [-0.3, -0.25) is 15.6 Å². The van der Waals surface area contributed by atoms with Gasteiger partial charge in [0.2, 0.25) is 0 Å². The minimum Gasteiger partial charge on any atom is -0.342 e. The summed E-state index contributed by atoms with van der Waals surface area (Å²) in [4.78, 5) is 18.0. The van der Waals surface area contributed by atoms with E-state index < -0.39 is 5.76 Å². The number of aromatic nitrogens is 1. The molecular formula is C20H23F3N4OS. The van der Waals surface area contributed by atoms with Crippen LogP contribution in [0.25, 0.3) is 0 Å². The lowest BCUT2D eigenvalue weighted by Crippen LogP contribution is -2.32. The molecule has 156 valence electrons. The summed E-state index contributed by atoms with van der Waals surface area (Å²) in [6.07, 6.45) is 3.78. The van der Waals surface area contributed by atoms with Crippen molar-refractivity contribution in [3.63, 3.8) is 0 Å². The number of nitrogens with one attached hydrogen (secondary N) is 2. The van der Waals surface area contributed by atoms with E-state index in [1.807, 2.05) is 6.07 Å². The number of carbonyl (C=O) groups is 1. The van der Waals surface area contributed by atoms with Gasteiger partial charge in [-0.15, -0.1) is 0 Å². The normalized spacial score (nSPS) is 18.9.